The second-order valence-corrected chi connectivity index (χ2v) is 6.33. The Morgan fingerprint density at radius 1 is 1.35 bits per heavy atom. The van der Waals surface area contributed by atoms with E-state index in [1.807, 2.05) is 0 Å². The molecule has 1 atom stereocenters. The molecule has 3 nitrogen and oxygen atoms in total. The van der Waals surface area contributed by atoms with Crippen LogP contribution in [-0.2, 0) is 17.8 Å². The van der Waals surface area contributed by atoms with Gasteiger partial charge in [-0.1, -0.05) is 37.6 Å². The van der Waals surface area contributed by atoms with Crippen molar-refractivity contribution in [1.29, 1.82) is 0 Å². The summed E-state index contributed by atoms with van der Waals surface area (Å²) in [7, 11) is 0. The largest absolute Gasteiger partial charge is 0.354 e. The Bertz CT molecular complexity index is 488. The summed E-state index contributed by atoms with van der Waals surface area (Å²) in [5, 5.41) is 6.53. The highest BCUT2D eigenvalue weighted by Crippen LogP contribution is 2.43. The van der Waals surface area contributed by atoms with E-state index in [1.165, 1.54) is 36.8 Å². The van der Waals surface area contributed by atoms with Gasteiger partial charge in [0.15, 0.2) is 0 Å². The normalized spacial score (nSPS) is 23.6. The van der Waals surface area contributed by atoms with E-state index in [0.717, 1.165) is 19.5 Å². The van der Waals surface area contributed by atoms with Gasteiger partial charge >= 0.3 is 0 Å². The first-order valence-corrected chi connectivity index (χ1v) is 7.80. The summed E-state index contributed by atoms with van der Waals surface area (Å²) < 4.78 is 0. The number of carbonyl (C=O) groups excluding carboxylic acids is 1. The van der Waals surface area contributed by atoms with Crippen LogP contribution in [0, 0.1) is 5.41 Å². The Morgan fingerprint density at radius 2 is 2.10 bits per heavy atom. The van der Waals surface area contributed by atoms with Crippen LogP contribution in [0.2, 0.25) is 0 Å². The van der Waals surface area contributed by atoms with E-state index in [9.17, 15) is 4.79 Å². The molecule has 20 heavy (non-hydrogen) atoms. The molecule has 1 aromatic carbocycles. The van der Waals surface area contributed by atoms with Crippen LogP contribution >= 0.6 is 0 Å². The quantitative estimate of drug-likeness (QED) is 0.883. The third-order valence-electron chi connectivity index (χ3n) is 5.20. The first-order valence-electron chi connectivity index (χ1n) is 7.80. The van der Waals surface area contributed by atoms with Gasteiger partial charge in [0, 0.05) is 13.1 Å². The smallest absolute Gasteiger partial charge is 0.237 e. The molecule has 3 heteroatoms. The zero-order chi connectivity index (χ0) is 14.0. The van der Waals surface area contributed by atoms with Gasteiger partial charge in [0.1, 0.15) is 0 Å². The first kappa shape index (κ1) is 13.6. The summed E-state index contributed by atoms with van der Waals surface area (Å²) >= 11 is 0. The second kappa shape index (κ2) is 5.57. The highest BCUT2D eigenvalue weighted by Gasteiger charge is 2.36. The number of hydrogen-bond donors (Lipinski definition) is 2. The van der Waals surface area contributed by atoms with E-state index in [0.29, 0.717) is 5.41 Å². The topological polar surface area (TPSA) is 41.1 Å². The van der Waals surface area contributed by atoms with Gasteiger partial charge in [-0.05, 0) is 42.2 Å². The predicted octanol–water partition coefficient (Wildman–Crippen LogP) is 2.40. The Balaban J connectivity index is 1.56. The zero-order valence-corrected chi connectivity index (χ0v) is 12.2. The molecule has 1 aliphatic carbocycles. The number of rotatable bonds is 4. The van der Waals surface area contributed by atoms with Crippen molar-refractivity contribution >= 4 is 5.91 Å². The second-order valence-electron chi connectivity index (χ2n) is 6.33. The van der Waals surface area contributed by atoms with Crippen LogP contribution in [0.15, 0.2) is 24.3 Å². The molecule has 1 aromatic rings. The molecule has 1 saturated carbocycles. The predicted molar refractivity (Wildman–Crippen MR) is 80.4 cm³/mol. The van der Waals surface area contributed by atoms with Crippen LogP contribution in [0.1, 0.15) is 43.7 Å². The lowest BCUT2D eigenvalue weighted by molar-refractivity contribution is -0.124. The van der Waals surface area contributed by atoms with Gasteiger partial charge in [0.25, 0.3) is 0 Å². The fourth-order valence-electron chi connectivity index (χ4n) is 3.37. The van der Waals surface area contributed by atoms with E-state index in [-0.39, 0.29) is 11.9 Å². The third-order valence-corrected chi connectivity index (χ3v) is 5.20. The molecule has 0 saturated heterocycles. The van der Waals surface area contributed by atoms with E-state index >= 15 is 0 Å². The van der Waals surface area contributed by atoms with Crippen molar-refractivity contribution in [3.8, 4) is 0 Å². The Morgan fingerprint density at radius 3 is 2.75 bits per heavy atom. The molecular formula is C17H24N2O. The number of nitrogens with one attached hydrogen (secondary N) is 2. The minimum absolute atomic E-state index is 0.0705. The van der Waals surface area contributed by atoms with Gasteiger partial charge in [0.05, 0.1) is 6.04 Å². The van der Waals surface area contributed by atoms with E-state index in [2.05, 4.69) is 41.8 Å². The molecule has 0 bridgehead atoms. The maximum atomic E-state index is 12.3. The lowest BCUT2D eigenvalue weighted by Gasteiger charge is -2.41. The van der Waals surface area contributed by atoms with Gasteiger partial charge < -0.3 is 10.6 Å². The lowest BCUT2D eigenvalue weighted by atomic mass is 9.67. The SMILES string of the molecule is CCC1(CNC(=O)C2Cc3ccccc3CN2)CCC1. The van der Waals surface area contributed by atoms with Crippen LogP contribution < -0.4 is 10.6 Å². The number of amides is 1. The van der Waals surface area contributed by atoms with Crippen LogP contribution in [0.3, 0.4) is 0 Å². The summed E-state index contributed by atoms with van der Waals surface area (Å²) in [5.41, 5.74) is 3.02. The zero-order valence-electron chi connectivity index (χ0n) is 12.2. The van der Waals surface area contributed by atoms with Gasteiger partial charge in [-0.3, -0.25) is 4.79 Å². The molecule has 0 radical (unpaired) electrons. The van der Waals surface area contributed by atoms with Crippen molar-refractivity contribution in [3.05, 3.63) is 35.4 Å². The third kappa shape index (κ3) is 2.59. The molecule has 2 N–H and O–H groups in total. The molecule has 1 aliphatic heterocycles. The lowest BCUT2D eigenvalue weighted by Crippen LogP contribution is -2.51. The van der Waals surface area contributed by atoms with Crippen LogP contribution in [0.5, 0.6) is 0 Å². The summed E-state index contributed by atoms with van der Waals surface area (Å²) in [6.45, 7) is 3.88. The fraction of sp³-hybridized carbons (Fsp3) is 0.588. The fourth-order valence-corrected chi connectivity index (χ4v) is 3.37. The molecule has 2 aliphatic rings. The molecule has 3 rings (SSSR count). The molecular weight excluding hydrogens is 248 g/mol. The highest BCUT2D eigenvalue weighted by atomic mass is 16.2. The Hall–Kier alpha value is -1.35. The summed E-state index contributed by atoms with van der Waals surface area (Å²) in [4.78, 5) is 12.3. The number of carbonyl (C=O) groups is 1. The first-order chi connectivity index (χ1) is 9.72. The molecule has 1 heterocycles. The number of benzene rings is 1. The standard InChI is InChI=1S/C17H24N2O/c1-2-17(8-5-9-17)12-19-16(20)15-10-13-6-3-4-7-14(13)11-18-15/h3-4,6-7,15,18H,2,5,8-12H2,1H3,(H,19,20). The van der Waals surface area contributed by atoms with Crippen molar-refractivity contribution in [2.45, 2.75) is 51.6 Å². The minimum atomic E-state index is -0.0705. The van der Waals surface area contributed by atoms with Gasteiger partial charge in [-0.15, -0.1) is 0 Å². The molecule has 0 spiro atoms. The molecule has 1 fully saturated rings. The number of fused-ring (bicyclic) bond motifs is 1. The maximum Gasteiger partial charge on any atom is 0.237 e. The van der Waals surface area contributed by atoms with E-state index in [1.54, 1.807) is 0 Å². The monoisotopic (exact) mass is 272 g/mol. The molecule has 108 valence electrons. The minimum Gasteiger partial charge on any atom is -0.354 e. The number of hydrogen-bond acceptors (Lipinski definition) is 2. The van der Waals surface area contributed by atoms with E-state index in [4.69, 9.17) is 0 Å². The van der Waals surface area contributed by atoms with Crippen LogP contribution in [0.25, 0.3) is 0 Å². The molecule has 1 amide bonds. The average Bonchev–Trinajstić information content (AvgIpc) is 2.46. The summed E-state index contributed by atoms with van der Waals surface area (Å²) in [6.07, 6.45) is 5.84. The van der Waals surface area contributed by atoms with Crippen LogP contribution in [-0.4, -0.2) is 18.5 Å². The Kier molecular flexibility index (Phi) is 3.79. The van der Waals surface area contributed by atoms with Gasteiger partial charge in [-0.2, -0.15) is 0 Å². The molecule has 1 unspecified atom stereocenters. The van der Waals surface area contributed by atoms with Crippen molar-refractivity contribution in [1.82, 2.24) is 10.6 Å². The summed E-state index contributed by atoms with van der Waals surface area (Å²) in [5.74, 6) is 0.166. The van der Waals surface area contributed by atoms with Crippen molar-refractivity contribution in [3.63, 3.8) is 0 Å². The highest BCUT2D eigenvalue weighted by molar-refractivity contribution is 5.82. The summed E-state index contributed by atoms with van der Waals surface area (Å²) in [6, 6.07) is 8.31. The maximum absolute atomic E-state index is 12.3. The van der Waals surface area contributed by atoms with E-state index < -0.39 is 0 Å². The van der Waals surface area contributed by atoms with Crippen molar-refractivity contribution < 1.29 is 4.79 Å². The van der Waals surface area contributed by atoms with Crippen LogP contribution in [0.4, 0.5) is 0 Å². The van der Waals surface area contributed by atoms with Gasteiger partial charge in [0.2, 0.25) is 5.91 Å². The Labute approximate surface area is 121 Å². The molecule has 0 aromatic heterocycles. The van der Waals surface area contributed by atoms with Gasteiger partial charge in [-0.25, -0.2) is 0 Å². The van der Waals surface area contributed by atoms with Crippen molar-refractivity contribution in [2.75, 3.05) is 6.54 Å². The van der Waals surface area contributed by atoms with Crippen molar-refractivity contribution in [2.24, 2.45) is 5.41 Å². The average molecular weight is 272 g/mol.